The number of anilines is 1. The highest BCUT2D eigenvalue weighted by Crippen LogP contribution is 2.28. The van der Waals surface area contributed by atoms with Crippen molar-refractivity contribution in [1.29, 1.82) is 0 Å². The lowest BCUT2D eigenvalue weighted by molar-refractivity contribution is 0.284. The van der Waals surface area contributed by atoms with Crippen molar-refractivity contribution >= 4 is 23.2 Å². The van der Waals surface area contributed by atoms with Crippen LogP contribution in [0.4, 0.5) is 5.95 Å². The zero-order valence-corrected chi connectivity index (χ0v) is 18.9. The predicted octanol–water partition coefficient (Wildman–Crippen LogP) is 6.46. The first kappa shape index (κ1) is 22.7. The molecule has 0 saturated heterocycles. The maximum atomic E-state index is 5.93. The lowest BCUT2D eigenvalue weighted by Crippen LogP contribution is -2.00. The summed E-state index contributed by atoms with van der Waals surface area (Å²) in [6.07, 6.45) is 10.6. The number of hydrogen-bond acceptors (Lipinski definition) is 5. The maximum absolute atomic E-state index is 5.93. The largest absolute Gasteiger partial charge is 0.493 e. The van der Waals surface area contributed by atoms with Gasteiger partial charge in [0, 0.05) is 0 Å². The number of H-pyrrole nitrogens is 1. The Labute approximate surface area is 185 Å². The SMILES string of the molecule is CCCCCCCCCOc1ccc(/C=N\Nc2nc3ccc(C)cc3[nH]2)cc1OC. The smallest absolute Gasteiger partial charge is 0.222 e. The second-order valence-corrected chi connectivity index (χ2v) is 7.86. The van der Waals surface area contributed by atoms with E-state index in [1.54, 1.807) is 13.3 Å². The highest BCUT2D eigenvalue weighted by molar-refractivity contribution is 5.82. The second-order valence-electron chi connectivity index (χ2n) is 7.86. The summed E-state index contributed by atoms with van der Waals surface area (Å²) in [6.45, 7) is 5.02. The van der Waals surface area contributed by atoms with Gasteiger partial charge in [0.25, 0.3) is 0 Å². The Hall–Kier alpha value is -3.02. The number of aryl methyl sites for hydroxylation is 1. The van der Waals surface area contributed by atoms with Crippen LogP contribution in [0.3, 0.4) is 0 Å². The summed E-state index contributed by atoms with van der Waals surface area (Å²) in [5, 5.41) is 4.29. The lowest BCUT2D eigenvalue weighted by atomic mass is 10.1. The number of aromatic nitrogens is 2. The van der Waals surface area contributed by atoms with Gasteiger partial charge >= 0.3 is 0 Å². The number of nitrogens with zero attached hydrogens (tertiary/aromatic N) is 2. The van der Waals surface area contributed by atoms with Gasteiger partial charge in [-0.25, -0.2) is 10.4 Å². The van der Waals surface area contributed by atoms with Crippen LogP contribution in [0, 0.1) is 6.92 Å². The fraction of sp³-hybridized carbons (Fsp3) is 0.440. The minimum atomic E-state index is 0.610. The van der Waals surface area contributed by atoms with E-state index in [1.807, 2.05) is 30.3 Å². The number of hydrazone groups is 1. The third-order valence-corrected chi connectivity index (χ3v) is 5.21. The zero-order chi connectivity index (χ0) is 21.9. The molecule has 166 valence electrons. The van der Waals surface area contributed by atoms with Gasteiger partial charge in [-0.05, 0) is 54.8 Å². The van der Waals surface area contributed by atoms with Gasteiger partial charge in [-0.1, -0.05) is 51.5 Å². The number of hydrogen-bond donors (Lipinski definition) is 2. The van der Waals surface area contributed by atoms with Crippen LogP contribution in [0.25, 0.3) is 11.0 Å². The fourth-order valence-electron chi connectivity index (χ4n) is 3.47. The summed E-state index contributed by atoms with van der Waals surface area (Å²) in [5.41, 5.74) is 6.95. The van der Waals surface area contributed by atoms with Crippen LogP contribution in [0.2, 0.25) is 0 Å². The molecule has 0 aliphatic rings. The van der Waals surface area contributed by atoms with Crippen LogP contribution < -0.4 is 14.9 Å². The molecule has 3 rings (SSSR count). The molecule has 0 atom stereocenters. The molecule has 1 aromatic heterocycles. The Morgan fingerprint density at radius 2 is 1.81 bits per heavy atom. The molecule has 2 N–H and O–H groups in total. The number of benzene rings is 2. The fourth-order valence-corrected chi connectivity index (χ4v) is 3.47. The third kappa shape index (κ3) is 7.02. The average Bonchev–Trinajstić information content (AvgIpc) is 3.18. The molecule has 0 spiro atoms. The molecule has 1 heterocycles. The average molecular weight is 423 g/mol. The molecular formula is C25H34N4O2. The first-order chi connectivity index (χ1) is 15.2. The lowest BCUT2D eigenvalue weighted by Gasteiger charge is -2.11. The Kier molecular flexibility index (Phi) is 8.76. The molecule has 31 heavy (non-hydrogen) atoms. The highest BCUT2D eigenvalue weighted by atomic mass is 16.5. The van der Waals surface area contributed by atoms with E-state index in [0.717, 1.165) is 28.8 Å². The number of aromatic amines is 1. The Morgan fingerprint density at radius 1 is 1.00 bits per heavy atom. The summed E-state index contributed by atoms with van der Waals surface area (Å²) < 4.78 is 11.4. The number of nitrogens with one attached hydrogen (secondary N) is 2. The first-order valence-electron chi connectivity index (χ1n) is 11.3. The molecule has 0 radical (unpaired) electrons. The van der Waals surface area contributed by atoms with E-state index in [1.165, 1.54) is 44.1 Å². The summed E-state index contributed by atoms with van der Waals surface area (Å²) in [7, 11) is 1.66. The molecule has 0 aliphatic heterocycles. The Morgan fingerprint density at radius 3 is 2.61 bits per heavy atom. The molecule has 6 heteroatoms. The molecule has 0 unspecified atom stereocenters. The normalized spacial score (nSPS) is 11.3. The quantitative estimate of drug-likeness (QED) is 0.188. The highest BCUT2D eigenvalue weighted by Gasteiger charge is 2.06. The number of methoxy groups -OCH3 is 1. The maximum Gasteiger partial charge on any atom is 0.222 e. The van der Waals surface area contributed by atoms with Gasteiger partial charge in [0.15, 0.2) is 11.5 Å². The van der Waals surface area contributed by atoms with Crippen molar-refractivity contribution in [3.05, 3.63) is 47.5 Å². The Bertz CT molecular complexity index is 981. The number of imidazole rings is 1. The monoisotopic (exact) mass is 422 g/mol. The predicted molar refractivity (Wildman–Crippen MR) is 129 cm³/mol. The molecule has 0 fully saturated rings. The van der Waals surface area contributed by atoms with E-state index in [4.69, 9.17) is 9.47 Å². The van der Waals surface area contributed by atoms with Crippen LogP contribution in [0.15, 0.2) is 41.5 Å². The molecule has 0 amide bonds. The van der Waals surface area contributed by atoms with Gasteiger partial charge in [-0.15, -0.1) is 0 Å². The molecular weight excluding hydrogens is 388 g/mol. The molecule has 6 nitrogen and oxygen atoms in total. The molecule has 0 aliphatic carbocycles. The van der Waals surface area contributed by atoms with Crippen LogP contribution in [-0.2, 0) is 0 Å². The summed E-state index contributed by atoms with van der Waals surface area (Å²) >= 11 is 0. The number of ether oxygens (including phenoxy) is 2. The standard InChI is InChI=1S/C25H34N4O2/c1-4-5-6-7-8-9-10-15-31-23-14-12-20(17-24(23)30-3)18-26-29-25-27-21-13-11-19(2)16-22(21)28-25/h11-14,16-18H,4-10,15H2,1-3H3,(H2,27,28,29)/b26-18-. The topological polar surface area (TPSA) is 71.5 Å². The number of unbranched alkanes of at least 4 members (excludes halogenated alkanes) is 6. The van der Waals surface area contributed by atoms with Crippen molar-refractivity contribution in [3.8, 4) is 11.5 Å². The molecule has 3 aromatic rings. The van der Waals surface area contributed by atoms with E-state index < -0.39 is 0 Å². The molecule has 2 aromatic carbocycles. The van der Waals surface area contributed by atoms with Crippen LogP contribution in [0.1, 0.15) is 63.0 Å². The van der Waals surface area contributed by atoms with Crippen molar-refractivity contribution in [1.82, 2.24) is 9.97 Å². The summed E-state index contributed by atoms with van der Waals surface area (Å²) in [5.74, 6) is 2.09. The van der Waals surface area contributed by atoms with Gasteiger partial charge in [0.1, 0.15) is 0 Å². The van der Waals surface area contributed by atoms with E-state index in [2.05, 4.69) is 40.4 Å². The van der Waals surface area contributed by atoms with Crippen molar-refractivity contribution in [2.24, 2.45) is 5.10 Å². The van der Waals surface area contributed by atoms with Gasteiger partial charge in [0.05, 0.1) is 31.0 Å². The number of fused-ring (bicyclic) bond motifs is 1. The molecule has 0 bridgehead atoms. The van der Waals surface area contributed by atoms with Crippen LogP contribution >= 0.6 is 0 Å². The zero-order valence-electron chi connectivity index (χ0n) is 18.9. The van der Waals surface area contributed by atoms with Crippen molar-refractivity contribution in [2.45, 2.75) is 58.8 Å². The van der Waals surface area contributed by atoms with Gasteiger partial charge in [-0.2, -0.15) is 5.10 Å². The van der Waals surface area contributed by atoms with Crippen molar-refractivity contribution in [3.63, 3.8) is 0 Å². The van der Waals surface area contributed by atoms with Crippen molar-refractivity contribution < 1.29 is 9.47 Å². The van der Waals surface area contributed by atoms with Gasteiger partial charge in [0.2, 0.25) is 5.95 Å². The summed E-state index contributed by atoms with van der Waals surface area (Å²) in [4.78, 5) is 7.70. The van der Waals surface area contributed by atoms with Gasteiger partial charge < -0.3 is 14.5 Å². The van der Waals surface area contributed by atoms with E-state index in [-0.39, 0.29) is 0 Å². The third-order valence-electron chi connectivity index (χ3n) is 5.21. The van der Waals surface area contributed by atoms with E-state index in [0.29, 0.717) is 18.3 Å². The number of rotatable bonds is 13. The van der Waals surface area contributed by atoms with Crippen LogP contribution in [0.5, 0.6) is 11.5 Å². The van der Waals surface area contributed by atoms with Gasteiger partial charge in [-0.3, -0.25) is 0 Å². The van der Waals surface area contributed by atoms with Crippen LogP contribution in [-0.4, -0.2) is 29.9 Å². The minimum Gasteiger partial charge on any atom is -0.493 e. The first-order valence-corrected chi connectivity index (χ1v) is 11.3. The summed E-state index contributed by atoms with van der Waals surface area (Å²) in [6, 6.07) is 11.9. The van der Waals surface area contributed by atoms with Crippen molar-refractivity contribution in [2.75, 3.05) is 19.1 Å². The Balaban J connectivity index is 1.48. The molecule has 0 saturated carbocycles. The minimum absolute atomic E-state index is 0.610. The van der Waals surface area contributed by atoms with E-state index in [9.17, 15) is 0 Å². The second kappa shape index (κ2) is 12.0. The van der Waals surface area contributed by atoms with E-state index >= 15 is 0 Å².